The third-order valence-electron chi connectivity index (χ3n) is 5.86. The van der Waals surface area contributed by atoms with Gasteiger partial charge in [-0.2, -0.15) is 10.1 Å². The van der Waals surface area contributed by atoms with Crippen molar-refractivity contribution in [2.45, 2.75) is 32.7 Å². The molecule has 8 heteroatoms. The monoisotopic (exact) mass is 465 g/mol. The summed E-state index contributed by atoms with van der Waals surface area (Å²) in [5.41, 5.74) is 4.78. The molecule has 0 radical (unpaired) electrons. The molecule has 1 N–H and O–H groups in total. The molecule has 2 aromatic heterocycles. The zero-order chi connectivity index (χ0) is 22.2. The van der Waals surface area contributed by atoms with E-state index in [4.69, 9.17) is 21.7 Å². The molecular formula is C24H24ClN5OS. The minimum absolute atomic E-state index is 0.0473. The maximum absolute atomic E-state index is 12.5. The summed E-state index contributed by atoms with van der Waals surface area (Å²) in [5.74, 6) is -0.0473. The highest BCUT2D eigenvalue weighted by Crippen LogP contribution is 2.33. The SMILES string of the molecule is Cc1ccc(-n2nc(C)c3sc(N4CCC(NC(=O)c5ccc(Cl)cc5)CC4)nc32)cc1. The summed E-state index contributed by atoms with van der Waals surface area (Å²) < 4.78 is 3.06. The summed E-state index contributed by atoms with van der Waals surface area (Å²) in [7, 11) is 0. The van der Waals surface area contributed by atoms with Crippen molar-refractivity contribution < 1.29 is 4.79 Å². The van der Waals surface area contributed by atoms with Gasteiger partial charge >= 0.3 is 0 Å². The highest BCUT2D eigenvalue weighted by atomic mass is 35.5. The summed E-state index contributed by atoms with van der Waals surface area (Å²) in [6, 6.07) is 15.5. The third kappa shape index (κ3) is 4.10. The van der Waals surface area contributed by atoms with Crippen molar-refractivity contribution in [3.05, 3.63) is 70.4 Å². The molecule has 0 spiro atoms. The number of rotatable bonds is 4. The van der Waals surface area contributed by atoms with Crippen molar-refractivity contribution in [1.82, 2.24) is 20.1 Å². The molecule has 4 aromatic rings. The topological polar surface area (TPSA) is 63.1 Å². The summed E-state index contributed by atoms with van der Waals surface area (Å²) in [4.78, 5) is 19.8. The predicted molar refractivity (Wildman–Crippen MR) is 130 cm³/mol. The van der Waals surface area contributed by atoms with Gasteiger partial charge in [0.05, 0.1) is 16.1 Å². The molecule has 3 heterocycles. The van der Waals surface area contributed by atoms with Gasteiger partial charge in [0, 0.05) is 29.7 Å². The molecule has 0 bridgehead atoms. The second-order valence-electron chi connectivity index (χ2n) is 8.22. The van der Waals surface area contributed by atoms with Gasteiger partial charge in [-0.25, -0.2) is 4.68 Å². The van der Waals surface area contributed by atoms with Crippen LogP contribution in [0, 0.1) is 13.8 Å². The van der Waals surface area contributed by atoms with Crippen LogP contribution < -0.4 is 10.2 Å². The number of aryl methyl sites for hydroxylation is 2. The van der Waals surface area contributed by atoms with Crippen LogP contribution in [0.15, 0.2) is 48.5 Å². The number of anilines is 1. The molecule has 1 amide bonds. The van der Waals surface area contributed by atoms with Crippen LogP contribution in [0.1, 0.15) is 34.5 Å². The molecule has 1 aliphatic rings. The number of thiazole rings is 1. The van der Waals surface area contributed by atoms with E-state index in [1.165, 1.54) is 5.56 Å². The second kappa shape index (κ2) is 8.56. The van der Waals surface area contributed by atoms with Crippen molar-refractivity contribution >= 4 is 44.3 Å². The summed E-state index contributed by atoms with van der Waals surface area (Å²) >= 11 is 7.61. The van der Waals surface area contributed by atoms with Gasteiger partial charge in [-0.05, 0) is 63.1 Å². The lowest BCUT2D eigenvalue weighted by molar-refractivity contribution is 0.0931. The van der Waals surface area contributed by atoms with Gasteiger partial charge < -0.3 is 10.2 Å². The standard InChI is InChI=1S/C24H24ClN5OS/c1-15-3-9-20(10-4-15)30-22-21(16(2)28-30)32-24(27-22)29-13-11-19(12-14-29)26-23(31)17-5-7-18(25)8-6-17/h3-10,19H,11-14H2,1-2H3,(H,26,31). The first-order chi connectivity index (χ1) is 15.5. The highest BCUT2D eigenvalue weighted by Gasteiger charge is 2.25. The Labute approximate surface area is 195 Å². The number of piperidine rings is 1. The number of carbonyl (C=O) groups excluding carboxylic acids is 1. The largest absolute Gasteiger partial charge is 0.349 e. The average Bonchev–Trinajstić information content (AvgIpc) is 3.36. The fourth-order valence-corrected chi connectivity index (χ4v) is 5.17. The average molecular weight is 466 g/mol. The number of amides is 1. The van der Waals surface area contributed by atoms with Gasteiger partial charge in [0.2, 0.25) is 0 Å². The molecular weight excluding hydrogens is 442 g/mol. The molecule has 0 aliphatic carbocycles. The van der Waals surface area contributed by atoms with Gasteiger partial charge in [0.15, 0.2) is 10.8 Å². The fraction of sp³-hybridized carbons (Fsp3) is 0.292. The Morgan fingerprint density at radius 2 is 1.75 bits per heavy atom. The highest BCUT2D eigenvalue weighted by molar-refractivity contribution is 7.22. The fourth-order valence-electron chi connectivity index (χ4n) is 4.01. The number of benzene rings is 2. The van der Waals surface area contributed by atoms with E-state index in [1.807, 2.05) is 11.6 Å². The molecule has 5 rings (SSSR count). The predicted octanol–water partition coefficient (Wildman–Crippen LogP) is 5.15. The van der Waals surface area contributed by atoms with Gasteiger partial charge in [0.25, 0.3) is 5.91 Å². The lowest BCUT2D eigenvalue weighted by Gasteiger charge is -2.32. The Balaban J connectivity index is 1.28. The first-order valence-corrected chi connectivity index (χ1v) is 11.9. The van der Waals surface area contributed by atoms with Crippen LogP contribution in [-0.2, 0) is 0 Å². The van der Waals surface area contributed by atoms with E-state index >= 15 is 0 Å². The van der Waals surface area contributed by atoms with Crippen LogP contribution in [0.4, 0.5) is 5.13 Å². The van der Waals surface area contributed by atoms with Crippen LogP contribution in [0.5, 0.6) is 0 Å². The van der Waals surface area contributed by atoms with Crippen LogP contribution in [0.3, 0.4) is 0 Å². The lowest BCUT2D eigenvalue weighted by Crippen LogP contribution is -2.44. The number of carbonyl (C=O) groups is 1. The molecule has 0 atom stereocenters. The summed E-state index contributed by atoms with van der Waals surface area (Å²) in [6.07, 6.45) is 1.77. The Hall–Kier alpha value is -2.90. The Morgan fingerprint density at radius 1 is 1.06 bits per heavy atom. The van der Waals surface area contributed by atoms with Crippen molar-refractivity contribution in [2.24, 2.45) is 0 Å². The van der Waals surface area contributed by atoms with Gasteiger partial charge in [-0.1, -0.05) is 40.6 Å². The molecule has 6 nitrogen and oxygen atoms in total. The van der Waals surface area contributed by atoms with E-state index < -0.39 is 0 Å². The minimum Gasteiger partial charge on any atom is -0.349 e. The smallest absolute Gasteiger partial charge is 0.251 e. The molecule has 32 heavy (non-hydrogen) atoms. The van der Waals surface area contributed by atoms with E-state index in [1.54, 1.807) is 35.6 Å². The van der Waals surface area contributed by atoms with Crippen molar-refractivity contribution in [2.75, 3.05) is 18.0 Å². The van der Waals surface area contributed by atoms with Crippen molar-refractivity contribution in [1.29, 1.82) is 0 Å². The van der Waals surface area contributed by atoms with E-state index in [0.717, 1.165) is 52.8 Å². The van der Waals surface area contributed by atoms with Gasteiger partial charge in [-0.3, -0.25) is 4.79 Å². The third-order valence-corrected chi connectivity index (χ3v) is 7.33. The summed E-state index contributed by atoms with van der Waals surface area (Å²) in [6.45, 7) is 5.83. The first kappa shape index (κ1) is 21.0. The first-order valence-electron chi connectivity index (χ1n) is 10.7. The zero-order valence-corrected chi connectivity index (χ0v) is 19.6. The van der Waals surface area contributed by atoms with E-state index in [2.05, 4.69) is 41.4 Å². The number of aromatic nitrogens is 3. The molecule has 1 fully saturated rings. The number of nitrogens with one attached hydrogen (secondary N) is 1. The summed E-state index contributed by atoms with van der Waals surface area (Å²) in [5, 5.41) is 9.51. The Morgan fingerprint density at radius 3 is 2.44 bits per heavy atom. The zero-order valence-electron chi connectivity index (χ0n) is 18.0. The van der Waals surface area contributed by atoms with Crippen molar-refractivity contribution in [3.63, 3.8) is 0 Å². The number of halogens is 1. The maximum atomic E-state index is 12.5. The van der Waals surface area contributed by atoms with E-state index in [-0.39, 0.29) is 11.9 Å². The van der Waals surface area contributed by atoms with Gasteiger partial charge in [0.1, 0.15) is 0 Å². The van der Waals surface area contributed by atoms with Crippen LogP contribution in [0.25, 0.3) is 16.0 Å². The van der Waals surface area contributed by atoms with E-state index in [0.29, 0.717) is 10.6 Å². The Bertz CT molecular complexity index is 1250. The molecule has 2 aromatic carbocycles. The molecule has 0 saturated carbocycles. The lowest BCUT2D eigenvalue weighted by atomic mass is 10.0. The van der Waals surface area contributed by atoms with Crippen LogP contribution >= 0.6 is 22.9 Å². The number of hydrogen-bond acceptors (Lipinski definition) is 5. The molecule has 0 unspecified atom stereocenters. The normalized spacial score (nSPS) is 14.8. The Kier molecular flexibility index (Phi) is 5.61. The minimum atomic E-state index is -0.0473. The number of hydrogen-bond donors (Lipinski definition) is 1. The molecule has 1 aliphatic heterocycles. The van der Waals surface area contributed by atoms with Crippen LogP contribution in [-0.4, -0.2) is 39.8 Å². The quantitative estimate of drug-likeness (QED) is 0.452. The van der Waals surface area contributed by atoms with Crippen molar-refractivity contribution in [3.8, 4) is 5.69 Å². The molecule has 1 saturated heterocycles. The van der Waals surface area contributed by atoms with Crippen LogP contribution in [0.2, 0.25) is 5.02 Å². The second-order valence-corrected chi connectivity index (χ2v) is 9.64. The van der Waals surface area contributed by atoms with E-state index in [9.17, 15) is 4.79 Å². The van der Waals surface area contributed by atoms with Gasteiger partial charge in [-0.15, -0.1) is 0 Å². The maximum Gasteiger partial charge on any atom is 0.251 e. The number of nitrogens with zero attached hydrogens (tertiary/aromatic N) is 4. The molecule has 164 valence electrons. The number of fused-ring (bicyclic) bond motifs is 1.